The van der Waals surface area contributed by atoms with E-state index in [0.29, 0.717) is 25.9 Å². The molecule has 3 amide bonds. The molecule has 0 unspecified atom stereocenters. The third-order valence-electron chi connectivity index (χ3n) is 5.66. The zero-order chi connectivity index (χ0) is 24.1. The Morgan fingerprint density at radius 3 is 2.06 bits per heavy atom. The molecule has 2 N–H and O–H groups in total. The second-order valence-electron chi connectivity index (χ2n) is 8.35. The second kappa shape index (κ2) is 10.5. The summed E-state index contributed by atoms with van der Waals surface area (Å²) in [7, 11) is 0. The number of likely N-dealkylation sites (tertiary alicyclic amines) is 1. The summed E-state index contributed by atoms with van der Waals surface area (Å²) in [6.07, 6.45) is 0.902. The molecule has 0 radical (unpaired) electrons. The van der Waals surface area contributed by atoms with E-state index in [4.69, 9.17) is 0 Å². The molecule has 1 fully saturated rings. The van der Waals surface area contributed by atoms with Crippen LogP contribution < -0.4 is 10.6 Å². The highest BCUT2D eigenvalue weighted by Gasteiger charge is 2.31. The molecule has 6 nitrogen and oxygen atoms in total. The number of benzene rings is 2. The van der Waals surface area contributed by atoms with E-state index in [2.05, 4.69) is 10.6 Å². The molecule has 0 bridgehead atoms. The van der Waals surface area contributed by atoms with Crippen LogP contribution in [0.3, 0.4) is 0 Å². The summed E-state index contributed by atoms with van der Waals surface area (Å²) in [5, 5.41) is 5.27. The molecule has 0 aliphatic carbocycles. The molecule has 1 heterocycles. The zero-order valence-electron chi connectivity index (χ0n) is 18.4. The largest absolute Gasteiger partial charge is 0.351 e. The molecule has 1 aliphatic rings. The van der Waals surface area contributed by atoms with Gasteiger partial charge in [0, 0.05) is 19.1 Å². The molecule has 3 rings (SSSR count). The Labute approximate surface area is 190 Å². The highest BCUT2D eigenvalue weighted by Crippen LogP contribution is 2.17. The molecule has 0 spiro atoms. The Morgan fingerprint density at radius 1 is 0.909 bits per heavy atom. The predicted octanol–water partition coefficient (Wildman–Crippen LogP) is 3.28. The maximum Gasteiger partial charge on any atom is 0.257 e. The summed E-state index contributed by atoms with van der Waals surface area (Å²) in [5.41, 5.74) is -0.737. The summed E-state index contributed by atoms with van der Waals surface area (Å²) in [6, 6.07) is 7.60. The molecule has 1 aliphatic heterocycles. The average Bonchev–Trinajstić information content (AvgIpc) is 2.77. The van der Waals surface area contributed by atoms with Crippen molar-refractivity contribution in [3.05, 3.63) is 71.0 Å². The predicted molar refractivity (Wildman–Crippen MR) is 116 cm³/mol. The van der Waals surface area contributed by atoms with Crippen molar-refractivity contribution in [2.45, 2.75) is 38.8 Å². The number of amides is 3. The number of hydrogen-bond acceptors (Lipinski definition) is 3. The van der Waals surface area contributed by atoms with Crippen LogP contribution in [0.15, 0.2) is 42.5 Å². The number of rotatable bonds is 6. The second-order valence-corrected chi connectivity index (χ2v) is 8.35. The van der Waals surface area contributed by atoms with Gasteiger partial charge >= 0.3 is 0 Å². The summed E-state index contributed by atoms with van der Waals surface area (Å²) >= 11 is 0. The van der Waals surface area contributed by atoms with E-state index in [0.717, 1.165) is 18.2 Å². The first-order chi connectivity index (χ1) is 15.7. The monoisotopic (exact) mass is 461 g/mol. The number of halogens is 3. The van der Waals surface area contributed by atoms with E-state index >= 15 is 0 Å². The molecule has 176 valence electrons. The van der Waals surface area contributed by atoms with Gasteiger partial charge in [0.15, 0.2) is 0 Å². The van der Waals surface area contributed by atoms with Gasteiger partial charge < -0.3 is 15.5 Å². The summed E-state index contributed by atoms with van der Waals surface area (Å²) in [4.78, 5) is 39.3. The topological polar surface area (TPSA) is 78.5 Å². The fourth-order valence-corrected chi connectivity index (χ4v) is 3.79. The first kappa shape index (κ1) is 24.3. The number of carbonyl (C=O) groups is 3. The first-order valence-corrected chi connectivity index (χ1v) is 10.8. The lowest BCUT2D eigenvalue weighted by molar-refractivity contribution is -0.124. The lowest BCUT2D eigenvalue weighted by Gasteiger charge is -2.33. The van der Waals surface area contributed by atoms with Gasteiger partial charge in [0.25, 0.3) is 11.8 Å². The van der Waals surface area contributed by atoms with Crippen molar-refractivity contribution in [1.82, 2.24) is 15.5 Å². The van der Waals surface area contributed by atoms with Gasteiger partial charge in [0.05, 0.1) is 5.56 Å². The Kier molecular flexibility index (Phi) is 7.73. The fourth-order valence-electron chi connectivity index (χ4n) is 3.79. The van der Waals surface area contributed by atoms with Crippen LogP contribution in [0, 0.1) is 23.4 Å². The molecule has 0 saturated carbocycles. The summed E-state index contributed by atoms with van der Waals surface area (Å²) in [6.45, 7) is 4.07. The summed E-state index contributed by atoms with van der Waals surface area (Å²) < 4.78 is 41.7. The van der Waals surface area contributed by atoms with Crippen molar-refractivity contribution in [2.75, 3.05) is 13.1 Å². The van der Waals surface area contributed by atoms with Crippen LogP contribution in [0.5, 0.6) is 0 Å². The lowest BCUT2D eigenvalue weighted by atomic mass is 9.99. The van der Waals surface area contributed by atoms with Crippen molar-refractivity contribution in [3.63, 3.8) is 0 Å². The minimum atomic E-state index is -1.01. The molecular weight excluding hydrogens is 435 g/mol. The Bertz CT molecular complexity index is 1020. The van der Waals surface area contributed by atoms with Gasteiger partial charge in [-0.3, -0.25) is 14.4 Å². The third-order valence-corrected chi connectivity index (χ3v) is 5.66. The van der Waals surface area contributed by atoms with Gasteiger partial charge in [-0.1, -0.05) is 32.0 Å². The van der Waals surface area contributed by atoms with E-state index in [1.54, 1.807) is 19.9 Å². The van der Waals surface area contributed by atoms with Crippen LogP contribution in [0.1, 0.15) is 47.4 Å². The Balaban J connectivity index is 1.59. The van der Waals surface area contributed by atoms with E-state index < -0.39 is 46.8 Å². The van der Waals surface area contributed by atoms with E-state index in [1.807, 2.05) is 0 Å². The van der Waals surface area contributed by atoms with Gasteiger partial charge in [-0.2, -0.15) is 0 Å². The molecule has 0 aromatic heterocycles. The van der Waals surface area contributed by atoms with Crippen LogP contribution in [-0.4, -0.2) is 47.8 Å². The number of piperidine rings is 1. The minimum absolute atomic E-state index is 0.00273. The van der Waals surface area contributed by atoms with Crippen molar-refractivity contribution < 1.29 is 27.6 Å². The molecule has 1 saturated heterocycles. The van der Waals surface area contributed by atoms with E-state index in [-0.39, 0.29) is 17.5 Å². The van der Waals surface area contributed by atoms with Crippen molar-refractivity contribution in [2.24, 2.45) is 5.92 Å². The number of hydrogen-bond donors (Lipinski definition) is 2. The SMILES string of the molecule is CC(C)[C@H](NC(=O)c1c(F)cccc1F)C(=O)NC1CCN(C(=O)c2ccccc2F)CC1. The van der Waals surface area contributed by atoms with Crippen molar-refractivity contribution in [1.29, 1.82) is 0 Å². The maximum atomic E-state index is 13.9. The fraction of sp³-hybridized carbons (Fsp3) is 0.375. The zero-order valence-corrected chi connectivity index (χ0v) is 18.4. The molecule has 2 aromatic carbocycles. The molecule has 33 heavy (non-hydrogen) atoms. The standard InChI is InChI=1S/C24H26F3N3O3/c1-14(2)21(29-22(31)20-18(26)8-5-9-19(20)27)23(32)28-15-10-12-30(13-11-15)24(33)16-6-3-4-7-17(16)25/h3-9,14-15,21H,10-13H2,1-2H3,(H,28,32)(H,29,31)/t21-/m0/s1. The first-order valence-electron chi connectivity index (χ1n) is 10.8. The van der Waals surface area contributed by atoms with Crippen LogP contribution in [-0.2, 0) is 4.79 Å². The quantitative estimate of drug-likeness (QED) is 0.693. The van der Waals surface area contributed by atoms with Gasteiger partial charge in [-0.15, -0.1) is 0 Å². The van der Waals surface area contributed by atoms with Crippen molar-refractivity contribution >= 4 is 17.7 Å². The number of nitrogens with zero attached hydrogens (tertiary/aromatic N) is 1. The molecule has 9 heteroatoms. The maximum absolute atomic E-state index is 13.9. The van der Waals surface area contributed by atoms with Crippen LogP contribution in [0.2, 0.25) is 0 Å². The van der Waals surface area contributed by atoms with Crippen LogP contribution in [0.4, 0.5) is 13.2 Å². The number of nitrogens with one attached hydrogen (secondary N) is 2. The van der Waals surface area contributed by atoms with Gasteiger partial charge in [-0.25, -0.2) is 13.2 Å². The smallest absolute Gasteiger partial charge is 0.257 e. The summed E-state index contributed by atoms with van der Waals surface area (Å²) in [5.74, 6) is -4.84. The highest BCUT2D eigenvalue weighted by atomic mass is 19.1. The van der Waals surface area contributed by atoms with Crippen LogP contribution in [0.25, 0.3) is 0 Å². The Hall–Kier alpha value is -3.36. The third kappa shape index (κ3) is 5.71. The van der Waals surface area contributed by atoms with E-state index in [9.17, 15) is 27.6 Å². The number of carbonyl (C=O) groups excluding carboxylic acids is 3. The molecule has 2 aromatic rings. The van der Waals surface area contributed by atoms with E-state index in [1.165, 1.54) is 23.1 Å². The Morgan fingerprint density at radius 2 is 1.48 bits per heavy atom. The van der Waals surface area contributed by atoms with Crippen LogP contribution >= 0.6 is 0 Å². The average molecular weight is 461 g/mol. The molecule has 1 atom stereocenters. The van der Waals surface area contributed by atoms with Gasteiger partial charge in [-0.05, 0) is 43.0 Å². The molecular formula is C24H26F3N3O3. The minimum Gasteiger partial charge on any atom is -0.351 e. The lowest BCUT2D eigenvalue weighted by Crippen LogP contribution is -2.54. The van der Waals surface area contributed by atoms with Crippen molar-refractivity contribution in [3.8, 4) is 0 Å². The van der Waals surface area contributed by atoms with Gasteiger partial charge in [0.1, 0.15) is 29.1 Å². The highest BCUT2D eigenvalue weighted by molar-refractivity contribution is 5.98. The van der Waals surface area contributed by atoms with Gasteiger partial charge in [0.2, 0.25) is 5.91 Å². The normalized spacial score (nSPS) is 15.3.